The summed E-state index contributed by atoms with van der Waals surface area (Å²) in [6, 6.07) is 9.63. The molecule has 0 bridgehead atoms. The number of anilines is 3. The zero-order valence-corrected chi connectivity index (χ0v) is 17.1. The van der Waals surface area contributed by atoms with Crippen molar-refractivity contribution < 1.29 is 13.6 Å². The molecule has 5 nitrogen and oxygen atoms in total. The van der Waals surface area contributed by atoms with Crippen molar-refractivity contribution in [3.63, 3.8) is 0 Å². The fraction of sp³-hybridized carbons (Fsp3) is 0.118. The molecule has 0 unspecified atom stereocenters. The minimum Gasteiger partial charge on any atom is -0.330 e. The zero-order chi connectivity index (χ0) is 19.4. The molecule has 0 atom stereocenters. The van der Waals surface area contributed by atoms with E-state index in [0.717, 1.165) is 17.3 Å². The molecule has 2 N–H and O–H groups in total. The van der Waals surface area contributed by atoms with E-state index in [-0.39, 0.29) is 15.9 Å². The normalized spacial score (nSPS) is 10.7. The Labute approximate surface area is 170 Å². The molecular weight excluding hydrogens is 458 g/mol. The van der Waals surface area contributed by atoms with Crippen LogP contribution in [0.5, 0.6) is 0 Å². The number of aryl methyl sites for hydroxylation is 1. The third-order valence-corrected chi connectivity index (χ3v) is 5.87. The number of aromatic nitrogens is 2. The lowest BCUT2D eigenvalue weighted by molar-refractivity contribution is -0.113. The molecule has 0 saturated heterocycles. The molecule has 1 heterocycles. The van der Waals surface area contributed by atoms with Crippen LogP contribution in [-0.4, -0.2) is 21.9 Å². The molecule has 10 heteroatoms. The fourth-order valence-corrected chi connectivity index (χ4v) is 4.21. The van der Waals surface area contributed by atoms with Gasteiger partial charge in [0.1, 0.15) is 5.82 Å². The number of rotatable bonds is 6. The van der Waals surface area contributed by atoms with Gasteiger partial charge in [-0.15, -0.1) is 10.2 Å². The summed E-state index contributed by atoms with van der Waals surface area (Å²) in [4.78, 5) is 12.0. The molecule has 27 heavy (non-hydrogen) atoms. The fourth-order valence-electron chi connectivity index (χ4n) is 2.13. The van der Waals surface area contributed by atoms with Gasteiger partial charge in [-0.1, -0.05) is 35.2 Å². The van der Waals surface area contributed by atoms with Gasteiger partial charge in [0, 0.05) is 16.2 Å². The maximum atomic E-state index is 13.8. The van der Waals surface area contributed by atoms with E-state index >= 15 is 0 Å². The number of benzene rings is 2. The number of halogens is 3. The molecule has 0 aliphatic heterocycles. The molecule has 1 amide bonds. The van der Waals surface area contributed by atoms with Crippen LogP contribution in [0, 0.1) is 18.6 Å². The highest BCUT2D eigenvalue weighted by Crippen LogP contribution is 2.29. The van der Waals surface area contributed by atoms with Crippen molar-refractivity contribution in [1.29, 1.82) is 0 Å². The first kappa shape index (κ1) is 19.7. The lowest BCUT2D eigenvalue weighted by Crippen LogP contribution is -2.15. The summed E-state index contributed by atoms with van der Waals surface area (Å²) in [5.41, 5.74) is 1.92. The Morgan fingerprint density at radius 1 is 1.26 bits per heavy atom. The number of hydrogen-bond donors (Lipinski definition) is 2. The molecule has 1 aromatic heterocycles. The van der Waals surface area contributed by atoms with Crippen molar-refractivity contribution in [2.45, 2.75) is 11.3 Å². The molecule has 0 aliphatic rings. The molecule has 3 rings (SSSR count). The van der Waals surface area contributed by atoms with Gasteiger partial charge in [-0.05, 0) is 46.6 Å². The molecule has 140 valence electrons. The van der Waals surface area contributed by atoms with Gasteiger partial charge in [-0.3, -0.25) is 4.79 Å². The van der Waals surface area contributed by atoms with Gasteiger partial charge < -0.3 is 10.6 Å². The van der Waals surface area contributed by atoms with Crippen LogP contribution in [0.15, 0.2) is 45.2 Å². The molecule has 3 aromatic rings. The SMILES string of the molecule is Cc1cccc(Nc2nnc(SCC(=O)Nc3c(F)cc(F)cc3Br)s2)c1. The average molecular weight is 471 g/mol. The van der Waals surface area contributed by atoms with Crippen LogP contribution in [0.2, 0.25) is 0 Å². The van der Waals surface area contributed by atoms with Crippen molar-refractivity contribution in [3.8, 4) is 0 Å². The van der Waals surface area contributed by atoms with Crippen LogP contribution in [0.25, 0.3) is 0 Å². The molecule has 0 saturated carbocycles. The van der Waals surface area contributed by atoms with Crippen molar-refractivity contribution >= 4 is 61.4 Å². The van der Waals surface area contributed by atoms with Crippen LogP contribution < -0.4 is 10.6 Å². The van der Waals surface area contributed by atoms with Gasteiger partial charge >= 0.3 is 0 Å². The Morgan fingerprint density at radius 3 is 2.81 bits per heavy atom. The highest BCUT2D eigenvalue weighted by molar-refractivity contribution is 9.10. The van der Waals surface area contributed by atoms with Crippen LogP contribution in [-0.2, 0) is 4.79 Å². The highest BCUT2D eigenvalue weighted by atomic mass is 79.9. The van der Waals surface area contributed by atoms with Gasteiger partial charge in [0.2, 0.25) is 11.0 Å². The average Bonchev–Trinajstić information content (AvgIpc) is 3.03. The van der Waals surface area contributed by atoms with Crippen molar-refractivity contribution in [2.24, 2.45) is 0 Å². The summed E-state index contributed by atoms with van der Waals surface area (Å²) < 4.78 is 27.6. The second-order valence-electron chi connectivity index (χ2n) is 5.45. The first-order valence-electron chi connectivity index (χ1n) is 7.65. The summed E-state index contributed by atoms with van der Waals surface area (Å²) in [6.07, 6.45) is 0. The Bertz CT molecular complexity index is 960. The molecule has 0 aliphatic carbocycles. The van der Waals surface area contributed by atoms with Gasteiger partial charge in [-0.2, -0.15) is 0 Å². The van der Waals surface area contributed by atoms with E-state index < -0.39 is 17.5 Å². The summed E-state index contributed by atoms with van der Waals surface area (Å²) in [5.74, 6) is -1.99. The summed E-state index contributed by atoms with van der Waals surface area (Å²) in [5, 5.41) is 14.2. The Kier molecular flexibility index (Phi) is 6.40. The molecule has 0 fully saturated rings. The predicted octanol–water partition coefficient (Wildman–Crippen LogP) is 5.36. The topological polar surface area (TPSA) is 66.9 Å². The van der Waals surface area contributed by atoms with Crippen LogP contribution >= 0.6 is 39.0 Å². The third kappa shape index (κ3) is 5.47. The van der Waals surface area contributed by atoms with E-state index in [0.29, 0.717) is 15.5 Å². The quantitative estimate of drug-likeness (QED) is 0.474. The van der Waals surface area contributed by atoms with E-state index in [1.54, 1.807) is 0 Å². The second kappa shape index (κ2) is 8.77. The van der Waals surface area contributed by atoms with Crippen molar-refractivity contribution in [3.05, 3.63) is 58.1 Å². The maximum absolute atomic E-state index is 13.8. The number of nitrogens with one attached hydrogen (secondary N) is 2. The Hall–Kier alpha value is -2.04. The number of hydrogen-bond acceptors (Lipinski definition) is 6. The minimum atomic E-state index is -0.846. The monoisotopic (exact) mass is 470 g/mol. The third-order valence-electron chi connectivity index (χ3n) is 3.27. The van der Waals surface area contributed by atoms with Gasteiger partial charge in [-0.25, -0.2) is 8.78 Å². The lowest BCUT2D eigenvalue weighted by atomic mass is 10.2. The summed E-state index contributed by atoms with van der Waals surface area (Å²) in [6.45, 7) is 1.99. The number of carbonyl (C=O) groups is 1. The predicted molar refractivity (Wildman–Crippen MR) is 108 cm³/mol. The smallest absolute Gasteiger partial charge is 0.234 e. The van der Waals surface area contributed by atoms with Crippen LogP contribution in [0.3, 0.4) is 0 Å². The highest BCUT2D eigenvalue weighted by Gasteiger charge is 2.14. The largest absolute Gasteiger partial charge is 0.330 e. The molecule has 2 aromatic carbocycles. The van der Waals surface area contributed by atoms with Crippen molar-refractivity contribution in [2.75, 3.05) is 16.4 Å². The van der Waals surface area contributed by atoms with Gasteiger partial charge in [0.05, 0.1) is 11.4 Å². The summed E-state index contributed by atoms with van der Waals surface area (Å²) in [7, 11) is 0. The zero-order valence-electron chi connectivity index (χ0n) is 13.9. The minimum absolute atomic E-state index is 0.0162. The Balaban J connectivity index is 1.56. The van der Waals surface area contributed by atoms with Crippen LogP contribution in [0.4, 0.5) is 25.3 Å². The maximum Gasteiger partial charge on any atom is 0.234 e. The summed E-state index contributed by atoms with van der Waals surface area (Å²) >= 11 is 5.52. The van der Waals surface area contributed by atoms with Gasteiger partial charge in [0.15, 0.2) is 10.2 Å². The molecule has 0 radical (unpaired) electrons. The Morgan fingerprint density at radius 2 is 2.07 bits per heavy atom. The first-order valence-corrected chi connectivity index (χ1v) is 10.2. The van der Waals surface area contributed by atoms with Crippen molar-refractivity contribution in [1.82, 2.24) is 10.2 Å². The van der Waals surface area contributed by atoms with Gasteiger partial charge in [0.25, 0.3) is 0 Å². The molecular formula is C17H13BrF2N4OS2. The molecule has 0 spiro atoms. The van der Waals surface area contributed by atoms with E-state index in [9.17, 15) is 13.6 Å². The number of carbonyl (C=O) groups excluding carboxylic acids is 1. The van der Waals surface area contributed by atoms with E-state index in [1.807, 2.05) is 31.2 Å². The standard InChI is InChI=1S/C17H13BrF2N4OS2/c1-9-3-2-4-11(5-9)21-16-23-24-17(27-16)26-8-14(25)22-15-12(18)6-10(19)7-13(15)20/h2-7H,8H2,1H3,(H,21,23)(H,22,25). The van der Waals surface area contributed by atoms with E-state index in [1.165, 1.54) is 23.1 Å². The lowest BCUT2D eigenvalue weighted by Gasteiger charge is -2.08. The number of thioether (sulfide) groups is 1. The van der Waals surface area contributed by atoms with E-state index in [4.69, 9.17) is 0 Å². The first-order chi connectivity index (χ1) is 12.9. The second-order valence-corrected chi connectivity index (χ2v) is 8.50. The van der Waals surface area contributed by atoms with E-state index in [2.05, 4.69) is 36.8 Å². The number of amides is 1. The number of nitrogens with zero attached hydrogens (tertiary/aromatic N) is 2. The van der Waals surface area contributed by atoms with Crippen LogP contribution in [0.1, 0.15) is 5.56 Å².